The van der Waals surface area contributed by atoms with Crippen molar-refractivity contribution in [2.45, 2.75) is 38.3 Å². The van der Waals surface area contributed by atoms with E-state index in [1.54, 1.807) is 11.9 Å². The lowest BCUT2D eigenvalue weighted by Crippen LogP contribution is -2.47. The van der Waals surface area contributed by atoms with Crippen molar-refractivity contribution in [2.24, 2.45) is 10.9 Å². The van der Waals surface area contributed by atoms with E-state index < -0.39 is 6.17 Å². The van der Waals surface area contributed by atoms with E-state index in [0.717, 1.165) is 40.0 Å². The number of para-hydroxylation sites is 2. The van der Waals surface area contributed by atoms with E-state index in [2.05, 4.69) is 32.6 Å². The van der Waals surface area contributed by atoms with E-state index in [1.807, 2.05) is 42.5 Å². The summed E-state index contributed by atoms with van der Waals surface area (Å²) in [5, 5.41) is 6.67. The number of carbonyl (C=O) groups is 1. The normalized spacial score (nSPS) is 19.5. The van der Waals surface area contributed by atoms with Crippen LogP contribution in [-0.4, -0.2) is 29.9 Å². The highest BCUT2D eigenvalue weighted by molar-refractivity contribution is 9.10. The number of amides is 1. The zero-order valence-corrected chi connectivity index (χ0v) is 19.3. The number of aliphatic imine (C=N–C) groups is 1. The summed E-state index contributed by atoms with van der Waals surface area (Å²) in [5.41, 5.74) is 3.81. The lowest BCUT2D eigenvalue weighted by atomic mass is 9.83. The smallest absolute Gasteiger partial charge is 0.272 e. The first-order valence-corrected chi connectivity index (χ1v) is 11.5. The molecule has 1 saturated carbocycles. The molecule has 7 heteroatoms. The summed E-state index contributed by atoms with van der Waals surface area (Å²) < 4.78 is 0.900. The predicted octanol–water partition coefficient (Wildman–Crippen LogP) is 5.11. The topological polar surface area (TPSA) is 56.7 Å². The fraction of sp³-hybridized carbons (Fsp3) is 0.348. The van der Waals surface area contributed by atoms with Gasteiger partial charge in [0.05, 0.1) is 17.1 Å². The molecular weight excluding hydrogens is 460 g/mol. The zero-order chi connectivity index (χ0) is 21.1. The van der Waals surface area contributed by atoms with Gasteiger partial charge in [-0.2, -0.15) is 0 Å². The molecule has 1 atom stereocenters. The SMILES string of the molecule is CN1C(=O)C(NC(=S)Nc2ccccc2Br)N=C(C2CCCCC2)c2ccccc21. The van der Waals surface area contributed by atoms with Crippen LogP contribution in [0.2, 0.25) is 0 Å². The fourth-order valence-electron chi connectivity index (χ4n) is 4.19. The van der Waals surface area contributed by atoms with Crippen molar-refractivity contribution in [1.29, 1.82) is 0 Å². The Bertz CT molecular complexity index is 987. The first-order chi connectivity index (χ1) is 14.5. The van der Waals surface area contributed by atoms with Crippen molar-refractivity contribution in [3.8, 4) is 0 Å². The predicted molar refractivity (Wildman–Crippen MR) is 130 cm³/mol. The van der Waals surface area contributed by atoms with Crippen LogP contribution in [0.5, 0.6) is 0 Å². The van der Waals surface area contributed by atoms with Crippen LogP contribution in [-0.2, 0) is 4.79 Å². The van der Waals surface area contributed by atoms with E-state index in [9.17, 15) is 4.79 Å². The first-order valence-electron chi connectivity index (χ1n) is 10.3. The first kappa shape index (κ1) is 21.0. The minimum absolute atomic E-state index is 0.121. The van der Waals surface area contributed by atoms with Crippen molar-refractivity contribution in [1.82, 2.24) is 5.32 Å². The van der Waals surface area contributed by atoms with Crippen LogP contribution in [0.4, 0.5) is 11.4 Å². The van der Waals surface area contributed by atoms with Gasteiger partial charge < -0.3 is 15.5 Å². The molecule has 1 amide bonds. The van der Waals surface area contributed by atoms with Gasteiger partial charge in [-0.3, -0.25) is 9.79 Å². The van der Waals surface area contributed by atoms with E-state index in [1.165, 1.54) is 19.3 Å². The van der Waals surface area contributed by atoms with Crippen molar-refractivity contribution in [2.75, 3.05) is 17.3 Å². The van der Waals surface area contributed by atoms with E-state index in [0.29, 0.717) is 11.0 Å². The van der Waals surface area contributed by atoms with Gasteiger partial charge in [0.2, 0.25) is 6.17 Å². The average Bonchev–Trinajstić information content (AvgIpc) is 2.87. The van der Waals surface area contributed by atoms with Gasteiger partial charge in [-0.05, 0) is 59.2 Å². The second-order valence-electron chi connectivity index (χ2n) is 7.74. The lowest BCUT2D eigenvalue weighted by Gasteiger charge is -2.25. The molecule has 0 radical (unpaired) electrons. The number of nitrogens with zero attached hydrogens (tertiary/aromatic N) is 2. The molecule has 0 spiro atoms. The van der Waals surface area contributed by atoms with Crippen LogP contribution < -0.4 is 15.5 Å². The maximum atomic E-state index is 13.3. The molecule has 1 aliphatic carbocycles. The minimum Gasteiger partial charge on any atom is -0.333 e. The summed E-state index contributed by atoms with van der Waals surface area (Å²) in [4.78, 5) is 19.9. The number of hydrogen-bond donors (Lipinski definition) is 2. The zero-order valence-electron chi connectivity index (χ0n) is 16.9. The number of likely N-dealkylation sites (N-methyl/N-ethyl adjacent to an activating group) is 1. The Kier molecular flexibility index (Phi) is 6.49. The summed E-state index contributed by atoms with van der Waals surface area (Å²) >= 11 is 9.02. The van der Waals surface area contributed by atoms with Gasteiger partial charge in [0.15, 0.2) is 5.11 Å². The lowest BCUT2D eigenvalue weighted by molar-refractivity contribution is -0.119. The van der Waals surface area contributed by atoms with Gasteiger partial charge in [-0.25, -0.2) is 0 Å². The molecule has 1 aliphatic heterocycles. The molecular formula is C23H25BrN4OS. The van der Waals surface area contributed by atoms with E-state index in [4.69, 9.17) is 17.2 Å². The van der Waals surface area contributed by atoms with Gasteiger partial charge in [-0.15, -0.1) is 0 Å². The number of thiocarbonyl (C=S) groups is 1. The number of benzodiazepines with no additional fused rings is 1. The highest BCUT2D eigenvalue weighted by Gasteiger charge is 2.33. The third-order valence-corrected chi connectivity index (χ3v) is 6.67. The van der Waals surface area contributed by atoms with Crippen LogP contribution in [0.25, 0.3) is 0 Å². The number of rotatable bonds is 3. The van der Waals surface area contributed by atoms with Gasteiger partial charge in [0.25, 0.3) is 5.91 Å². The second kappa shape index (κ2) is 9.27. The Morgan fingerprint density at radius 1 is 1.10 bits per heavy atom. The maximum Gasteiger partial charge on any atom is 0.272 e. The van der Waals surface area contributed by atoms with Crippen molar-refractivity contribution in [3.05, 3.63) is 58.6 Å². The molecule has 0 aromatic heterocycles. The quantitative estimate of drug-likeness (QED) is 0.594. The van der Waals surface area contributed by atoms with Crippen molar-refractivity contribution >= 4 is 56.3 Å². The summed E-state index contributed by atoms with van der Waals surface area (Å²) in [6, 6.07) is 15.8. The van der Waals surface area contributed by atoms with Crippen LogP contribution in [0.3, 0.4) is 0 Å². The molecule has 1 unspecified atom stereocenters. The Balaban J connectivity index is 1.64. The van der Waals surface area contributed by atoms with Crippen molar-refractivity contribution < 1.29 is 4.79 Å². The molecule has 5 nitrogen and oxygen atoms in total. The summed E-state index contributed by atoms with van der Waals surface area (Å²) in [7, 11) is 1.80. The van der Waals surface area contributed by atoms with Gasteiger partial charge in [0.1, 0.15) is 0 Å². The summed E-state index contributed by atoms with van der Waals surface area (Å²) in [5.74, 6) is 0.248. The number of benzene rings is 2. The molecule has 2 N–H and O–H groups in total. The molecule has 1 fully saturated rings. The summed E-state index contributed by atoms with van der Waals surface area (Å²) in [6.45, 7) is 0. The van der Waals surface area contributed by atoms with Gasteiger partial charge >= 0.3 is 0 Å². The number of nitrogens with one attached hydrogen (secondary N) is 2. The Morgan fingerprint density at radius 2 is 1.80 bits per heavy atom. The largest absolute Gasteiger partial charge is 0.333 e. The monoisotopic (exact) mass is 484 g/mol. The van der Waals surface area contributed by atoms with Crippen LogP contribution in [0.1, 0.15) is 37.7 Å². The van der Waals surface area contributed by atoms with Crippen molar-refractivity contribution in [3.63, 3.8) is 0 Å². The van der Waals surface area contributed by atoms with Crippen LogP contribution >= 0.6 is 28.1 Å². The molecule has 156 valence electrons. The standard InChI is InChI=1S/C23H25BrN4OS/c1-28-19-14-8-5-11-16(19)20(15-9-3-2-4-10-15)26-21(22(28)29)27-23(30)25-18-13-7-6-12-17(18)24/h5-8,11-15,21H,2-4,9-10H2,1H3,(H2,25,27,30). The third kappa shape index (κ3) is 4.42. The molecule has 0 bridgehead atoms. The Hall–Kier alpha value is -2.25. The fourth-order valence-corrected chi connectivity index (χ4v) is 4.79. The second-order valence-corrected chi connectivity index (χ2v) is 9.01. The maximum absolute atomic E-state index is 13.3. The molecule has 1 heterocycles. The molecule has 2 aromatic carbocycles. The van der Waals surface area contributed by atoms with Gasteiger partial charge in [-0.1, -0.05) is 49.6 Å². The average molecular weight is 485 g/mol. The Labute approximate surface area is 191 Å². The van der Waals surface area contributed by atoms with Crippen LogP contribution in [0, 0.1) is 5.92 Å². The molecule has 4 rings (SSSR count). The van der Waals surface area contributed by atoms with E-state index >= 15 is 0 Å². The number of halogens is 1. The number of carbonyl (C=O) groups excluding carboxylic acids is 1. The highest BCUT2D eigenvalue weighted by Crippen LogP contribution is 2.33. The van der Waals surface area contributed by atoms with E-state index in [-0.39, 0.29) is 5.91 Å². The number of fused-ring (bicyclic) bond motifs is 1. The molecule has 2 aliphatic rings. The van der Waals surface area contributed by atoms with Gasteiger partial charge in [0, 0.05) is 23.0 Å². The number of anilines is 2. The highest BCUT2D eigenvalue weighted by atomic mass is 79.9. The summed E-state index contributed by atoms with van der Waals surface area (Å²) in [6.07, 6.45) is 5.13. The van der Waals surface area contributed by atoms with Crippen LogP contribution in [0.15, 0.2) is 58.0 Å². The molecule has 30 heavy (non-hydrogen) atoms. The molecule has 2 aromatic rings. The number of hydrogen-bond acceptors (Lipinski definition) is 3. The minimum atomic E-state index is -0.762. The Morgan fingerprint density at radius 3 is 2.57 bits per heavy atom. The molecule has 0 saturated heterocycles. The third-order valence-electron chi connectivity index (χ3n) is 5.76.